The van der Waals surface area contributed by atoms with Gasteiger partial charge in [-0.2, -0.15) is 5.10 Å². The molecule has 1 aromatic heterocycles. The molecule has 6 heteroatoms. The molecule has 0 atom stereocenters. The van der Waals surface area contributed by atoms with Gasteiger partial charge in [-0.1, -0.05) is 39.0 Å². The quantitative estimate of drug-likeness (QED) is 0.696. The van der Waals surface area contributed by atoms with Crippen LogP contribution in [0.3, 0.4) is 0 Å². The lowest BCUT2D eigenvalue weighted by Crippen LogP contribution is -2.33. The predicted molar refractivity (Wildman–Crippen MR) is 112 cm³/mol. The van der Waals surface area contributed by atoms with Crippen molar-refractivity contribution in [1.82, 2.24) is 15.1 Å². The fourth-order valence-electron chi connectivity index (χ4n) is 3.27. The molecule has 0 radical (unpaired) electrons. The minimum absolute atomic E-state index is 0.0263. The Hall–Kier alpha value is -2.63. The molecule has 0 aliphatic heterocycles. The third-order valence-electron chi connectivity index (χ3n) is 4.79. The third kappa shape index (κ3) is 5.94. The molecular formula is C22H32N4O2. The highest BCUT2D eigenvalue weighted by molar-refractivity contribution is 5.95. The highest BCUT2D eigenvalue weighted by atomic mass is 16.2. The summed E-state index contributed by atoms with van der Waals surface area (Å²) in [6.07, 6.45) is 1.81. The topological polar surface area (TPSA) is 76.0 Å². The van der Waals surface area contributed by atoms with Crippen LogP contribution < -0.4 is 10.6 Å². The van der Waals surface area contributed by atoms with Crippen molar-refractivity contribution in [3.63, 3.8) is 0 Å². The predicted octanol–water partition coefficient (Wildman–Crippen LogP) is 3.41. The molecule has 152 valence electrons. The van der Waals surface area contributed by atoms with Crippen molar-refractivity contribution in [3.05, 3.63) is 46.8 Å². The van der Waals surface area contributed by atoms with Crippen LogP contribution in [0.15, 0.2) is 24.3 Å². The van der Waals surface area contributed by atoms with E-state index in [2.05, 4.69) is 29.6 Å². The number of aryl methyl sites for hydroxylation is 2. The fourth-order valence-corrected chi connectivity index (χ4v) is 3.27. The second-order valence-corrected chi connectivity index (χ2v) is 7.56. The van der Waals surface area contributed by atoms with Crippen LogP contribution in [0.1, 0.15) is 49.7 Å². The Bertz CT molecular complexity index is 824. The number of nitrogens with one attached hydrogen (secondary N) is 2. The summed E-state index contributed by atoms with van der Waals surface area (Å²) in [6.45, 7) is 11.2. The Labute approximate surface area is 167 Å². The number of benzene rings is 1. The van der Waals surface area contributed by atoms with E-state index in [-0.39, 0.29) is 18.4 Å². The number of carbonyl (C=O) groups is 2. The molecule has 0 aliphatic rings. The smallest absolute Gasteiger partial charge is 0.243 e. The van der Waals surface area contributed by atoms with Crippen LogP contribution in [0.25, 0.3) is 0 Å². The average molecular weight is 385 g/mol. The standard InChI is InChI=1S/C22H32N4O2/c1-6-18-9-7-8-10-20(18)24-22(28)13-23-21(27)12-11-19-16(4)25-26(17(19)5)14-15(2)3/h7-10,15H,6,11-14H2,1-5H3,(H,23,27)(H,24,28). The fraction of sp³-hybridized carbons (Fsp3) is 0.500. The Morgan fingerprint density at radius 1 is 1.14 bits per heavy atom. The van der Waals surface area contributed by atoms with Gasteiger partial charge in [0.1, 0.15) is 0 Å². The van der Waals surface area contributed by atoms with Crippen LogP contribution in [0.2, 0.25) is 0 Å². The highest BCUT2D eigenvalue weighted by Crippen LogP contribution is 2.17. The summed E-state index contributed by atoms with van der Waals surface area (Å²) < 4.78 is 2.02. The summed E-state index contributed by atoms with van der Waals surface area (Å²) in [7, 11) is 0. The largest absolute Gasteiger partial charge is 0.347 e. The number of carbonyl (C=O) groups excluding carboxylic acids is 2. The van der Waals surface area contributed by atoms with Crippen molar-refractivity contribution in [2.45, 2.75) is 60.4 Å². The van der Waals surface area contributed by atoms with Crippen LogP contribution >= 0.6 is 0 Å². The van der Waals surface area contributed by atoms with Gasteiger partial charge in [0.2, 0.25) is 11.8 Å². The lowest BCUT2D eigenvalue weighted by atomic mass is 10.1. The van der Waals surface area contributed by atoms with Gasteiger partial charge in [-0.05, 0) is 49.8 Å². The molecule has 2 N–H and O–H groups in total. The molecule has 0 unspecified atom stereocenters. The van der Waals surface area contributed by atoms with E-state index in [1.54, 1.807) is 0 Å². The molecule has 6 nitrogen and oxygen atoms in total. The number of nitrogens with zero attached hydrogens (tertiary/aromatic N) is 2. The first-order chi connectivity index (χ1) is 13.3. The summed E-state index contributed by atoms with van der Waals surface area (Å²) >= 11 is 0. The van der Waals surface area contributed by atoms with E-state index >= 15 is 0 Å². The lowest BCUT2D eigenvalue weighted by molar-refractivity contribution is -0.124. The van der Waals surface area contributed by atoms with Crippen molar-refractivity contribution in [1.29, 1.82) is 0 Å². The minimum Gasteiger partial charge on any atom is -0.347 e. The second kappa shape index (κ2) is 10.1. The molecule has 1 aromatic carbocycles. The van der Waals surface area contributed by atoms with Gasteiger partial charge in [0, 0.05) is 24.3 Å². The van der Waals surface area contributed by atoms with E-state index in [4.69, 9.17) is 0 Å². The number of anilines is 1. The van der Waals surface area contributed by atoms with Gasteiger partial charge in [0.05, 0.1) is 12.2 Å². The van der Waals surface area contributed by atoms with E-state index in [1.807, 2.05) is 49.7 Å². The third-order valence-corrected chi connectivity index (χ3v) is 4.79. The van der Waals surface area contributed by atoms with Crippen LogP contribution in [0.5, 0.6) is 0 Å². The zero-order valence-electron chi connectivity index (χ0n) is 17.6. The molecule has 0 bridgehead atoms. The van der Waals surface area contributed by atoms with Crippen molar-refractivity contribution >= 4 is 17.5 Å². The zero-order valence-corrected chi connectivity index (χ0v) is 17.6. The molecule has 2 amide bonds. The SMILES string of the molecule is CCc1ccccc1NC(=O)CNC(=O)CCc1c(C)nn(CC(C)C)c1C. The summed E-state index contributed by atoms with van der Waals surface area (Å²) in [5.41, 5.74) is 5.09. The van der Waals surface area contributed by atoms with Gasteiger partial charge in [0.25, 0.3) is 0 Å². The van der Waals surface area contributed by atoms with E-state index in [1.165, 1.54) is 0 Å². The summed E-state index contributed by atoms with van der Waals surface area (Å²) in [5.74, 6) is 0.172. The first kappa shape index (κ1) is 21.7. The second-order valence-electron chi connectivity index (χ2n) is 7.56. The number of hydrogen-bond acceptors (Lipinski definition) is 3. The summed E-state index contributed by atoms with van der Waals surface area (Å²) in [4.78, 5) is 24.3. The van der Waals surface area contributed by atoms with Crippen LogP contribution in [0, 0.1) is 19.8 Å². The Kier molecular flexibility index (Phi) is 7.79. The lowest BCUT2D eigenvalue weighted by Gasteiger charge is -2.10. The molecular weight excluding hydrogens is 352 g/mol. The molecule has 0 aliphatic carbocycles. The average Bonchev–Trinajstić information content (AvgIpc) is 2.91. The molecule has 0 saturated heterocycles. The molecule has 1 heterocycles. The van der Waals surface area contributed by atoms with Gasteiger partial charge < -0.3 is 10.6 Å². The molecule has 2 aromatic rings. The molecule has 0 spiro atoms. The Morgan fingerprint density at radius 3 is 2.54 bits per heavy atom. The van der Waals surface area contributed by atoms with Gasteiger partial charge in [-0.3, -0.25) is 14.3 Å². The van der Waals surface area contributed by atoms with Crippen molar-refractivity contribution in [2.24, 2.45) is 5.92 Å². The zero-order chi connectivity index (χ0) is 20.7. The first-order valence-electron chi connectivity index (χ1n) is 9.99. The maximum atomic E-state index is 12.2. The highest BCUT2D eigenvalue weighted by Gasteiger charge is 2.14. The molecule has 28 heavy (non-hydrogen) atoms. The van der Waals surface area contributed by atoms with Crippen molar-refractivity contribution in [2.75, 3.05) is 11.9 Å². The Balaban J connectivity index is 1.83. The number of para-hydroxylation sites is 1. The van der Waals surface area contributed by atoms with E-state index in [0.29, 0.717) is 18.8 Å². The number of hydrogen-bond donors (Lipinski definition) is 2. The minimum atomic E-state index is -0.216. The monoisotopic (exact) mass is 384 g/mol. The Morgan fingerprint density at radius 2 is 1.86 bits per heavy atom. The van der Waals surface area contributed by atoms with E-state index < -0.39 is 0 Å². The van der Waals surface area contributed by atoms with Crippen molar-refractivity contribution in [3.8, 4) is 0 Å². The molecule has 2 rings (SSSR count). The maximum absolute atomic E-state index is 12.2. The summed E-state index contributed by atoms with van der Waals surface area (Å²) in [5, 5.41) is 10.2. The first-order valence-corrected chi connectivity index (χ1v) is 9.99. The van der Waals surface area contributed by atoms with Gasteiger partial charge in [-0.25, -0.2) is 0 Å². The maximum Gasteiger partial charge on any atom is 0.243 e. The summed E-state index contributed by atoms with van der Waals surface area (Å²) in [6, 6.07) is 7.69. The molecule has 0 fully saturated rings. The van der Waals surface area contributed by atoms with Gasteiger partial charge >= 0.3 is 0 Å². The van der Waals surface area contributed by atoms with Crippen LogP contribution in [0.4, 0.5) is 5.69 Å². The van der Waals surface area contributed by atoms with Crippen LogP contribution in [-0.4, -0.2) is 28.1 Å². The van der Waals surface area contributed by atoms with Crippen LogP contribution in [-0.2, 0) is 29.0 Å². The van der Waals surface area contributed by atoms with E-state index in [9.17, 15) is 9.59 Å². The van der Waals surface area contributed by atoms with E-state index in [0.717, 1.165) is 41.2 Å². The number of rotatable bonds is 9. The van der Waals surface area contributed by atoms with Gasteiger partial charge in [0.15, 0.2) is 0 Å². The normalized spacial score (nSPS) is 10.9. The number of aromatic nitrogens is 2. The molecule has 0 saturated carbocycles. The van der Waals surface area contributed by atoms with Crippen molar-refractivity contribution < 1.29 is 9.59 Å². The number of amides is 2. The van der Waals surface area contributed by atoms with Gasteiger partial charge in [-0.15, -0.1) is 0 Å².